The summed E-state index contributed by atoms with van der Waals surface area (Å²) in [6, 6.07) is 8.18. The maximum atomic E-state index is 15.1. The van der Waals surface area contributed by atoms with E-state index in [0.29, 0.717) is 16.8 Å². The second-order valence-corrected chi connectivity index (χ2v) is 7.98. The van der Waals surface area contributed by atoms with Gasteiger partial charge in [0.25, 0.3) is 5.56 Å². The van der Waals surface area contributed by atoms with E-state index in [-0.39, 0.29) is 5.56 Å². The molecule has 1 fully saturated rings. The van der Waals surface area contributed by atoms with Crippen molar-refractivity contribution in [1.29, 1.82) is 0 Å². The molecule has 0 radical (unpaired) electrons. The van der Waals surface area contributed by atoms with E-state index in [9.17, 15) is 9.59 Å². The summed E-state index contributed by atoms with van der Waals surface area (Å²) in [5.41, 5.74) is -1.18. The molecule has 2 heterocycles. The van der Waals surface area contributed by atoms with E-state index in [1.54, 1.807) is 31.2 Å². The largest absolute Gasteiger partial charge is 0.525 e. The predicted molar refractivity (Wildman–Crippen MR) is 107 cm³/mol. The van der Waals surface area contributed by atoms with Crippen LogP contribution in [0.15, 0.2) is 51.8 Å². The van der Waals surface area contributed by atoms with E-state index in [1.165, 1.54) is 23.9 Å². The summed E-state index contributed by atoms with van der Waals surface area (Å²) in [5, 5.41) is 0. The van der Waals surface area contributed by atoms with E-state index in [2.05, 4.69) is 0 Å². The van der Waals surface area contributed by atoms with Crippen LogP contribution in [-0.2, 0) is 16.4 Å². The fourth-order valence-corrected chi connectivity index (χ4v) is 2.92. The molecule has 0 amide bonds. The molecule has 6 nitrogen and oxygen atoms in total. The number of hydrogen-bond acceptors (Lipinski definition) is 4. The monoisotopic (exact) mass is 386 g/mol. The molecule has 2 aromatic rings. The molecule has 0 saturated carbocycles. The number of halogens is 1. The van der Waals surface area contributed by atoms with Crippen molar-refractivity contribution in [3.8, 4) is 5.69 Å². The molecule has 3 rings (SSSR count). The molecule has 0 atom stereocenters. The highest BCUT2D eigenvalue weighted by atomic mass is 19.1. The van der Waals surface area contributed by atoms with Gasteiger partial charge in [0.2, 0.25) is 0 Å². The molecule has 0 unspecified atom stereocenters. The van der Waals surface area contributed by atoms with Crippen molar-refractivity contribution in [2.45, 2.75) is 45.8 Å². The first-order valence-electron chi connectivity index (χ1n) is 9.06. The van der Waals surface area contributed by atoms with Gasteiger partial charge in [0.1, 0.15) is 5.73 Å². The Hall–Kier alpha value is -2.45. The van der Waals surface area contributed by atoms with Gasteiger partial charge in [-0.2, -0.15) is 0 Å². The van der Waals surface area contributed by atoms with Crippen molar-refractivity contribution >= 4 is 12.7 Å². The van der Waals surface area contributed by atoms with Gasteiger partial charge in [0.15, 0.2) is 0 Å². The Balaban J connectivity index is 2.01. The SMILES string of the molecule is CC(=C(F)B1OC(C)(C)C(C)(C)O1)c1cccc(-n2ccc(=O)n(C)c2=O)c1. The minimum atomic E-state index is -1.09. The smallest absolute Gasteiger partial charge is 0.398 e. The molecule has 0 N–H and O–H groups in total. The van der Waals surface area contributed by atoms with E-state index in [4.69, 9.17) is 9.31 Å². The summed E-state index contributed by atoms with van der Waals surface area (Å²) in [4.78, 5) is 24.0. The third-order valence-electron chi connectivity index (χ3n) is 5.57. The first-order valence-corrected chi connectivity index (χ1v) is 9.06. The zero-order chi connectivity index (χ0) is 20.9. The van der Waals surface area contributed by atoms with Crippen LogP contribution in [0.4, 0.5) is 4.39 Å². The highest BCUT2D eigenvalue weighted by molar-refractivity contribution is 6.55. The Morgan fingerprint density at radius 3 is 2.29 bits per heavy atom. The Kier molecular flexibility index (Phi) is 4.97. The summed E-state index contributed by atoms with van der Waals surface area (Å²) >= 11 is 0. The van der Waals surface area contributed by atoms with Crippen molar-refractivity contribution in [2.75, 3.05) is 0 Å². The lowest BCUT2D eigenvalue weighted by Gasteiger charge is -2.32. The van der Waals surface area contributed by atoms with Crippen LogP contribution in [0, 0.1) is 0 Å². The van der Waals surface area contributed by atoms with Crippen molar-refractivity contribution in [3.05, 3.63) is 68.7 Å². The van der Waals surface area contributed by atoms with Gasteiger partial charge in [-0.15, -0.1) is 0 Å². The number of benzene rings is 1. The summed E-state index contributed by atoms with van der Waals surface area (Å²) in [6.45, 7) is 9.10. The highest BCUT2D eigenvalue weighted by Gasteiger charge is 2.53. The van der Waals surface area contributed by atoms with Gasteiger partial charge in [0, 0.05) is 19.3 Å². The molecule has 1 aliphatic heterocycles. The molecule has 1 aliphatic rings. The zero-order valence-electron chi connectivity index (χ0n) is 16.9. The van der Waals surface area contributed by atoms with E-state index in [0.717, 1.165) is 4.57 Å². The average molecular weight is 386 g/mol. The number of allylic oxidation sites excluding steroid dienone is 1. The molecular formula is C20H24BFN2O4. The summed E-state index contributed by atoms with van der Waals surface area (Å²) < 4.78 is 29.0. The summed E-state index contributed by atoms with van der Waals surface area (Å²) in [5.74, 6) is 0. The summed E-state index contributed by atoms with van der Waals surface area (Å²) in [7, 11) is 0.322. The van der Waals surface area contributed by atoms with E-state index < -0.39 is 29.7 Å². The maximum Gasteiger partial charge on any atom is 0.525 e. The molecule has 0 bridgehead atoms. The lowest BCUT2D eigenvalue weighted by Crippen LogP contribution is -2.41. The minimum Gasteiger partial charge on any atom is -0.398 e. The van der Waals surface area contributed by atoms with Crippen LogP contribution in [0.25, 0.3) is 11.3 Å². The predicted octanol–water partition coefficient (Wildman–Crippen LogP) is 2.87. The lowest BCUT2D eigenvalue weighted by atomic mass is 9.83. The third-order valence-corrected chi connectivity index (χ3v) is 5.57. The van der Waals surface area contributed by atoms with Gasteiger partial charge in [-0.05, 0) is 57.9 Å². The number of hydrogen-bond donors (Lipinski definition) is 0. The van der Waals surface area contributed by atoms with Gasteiger partial charge in [-0.3, -0.25) is 13.9 Å². The number of rotatable bonds is 3. The molecule has 0 aliphatic carbocycles. The van der Waals surface area contributed by atoms with Crippen LogP contribution < -0.4 is 11.2 Å². The van der Waals surface area contributed by atoms with Crippen LogP contribution in [0.2, 0.25) is 0 Å². The number of aromatic nitrogens is 2. The lowest BCUT2D eigenvalue weighted by molar-refractivity contribution is 0.00578. The maximum absolute atomic E-state index is 15.1. The van der Waals surface area contributed by atoms with Crippen LogP contribution in [0.3, 0.4) is 0 Å². The highest BCUT2D eigenvalue weighted by Crippen LogP contribution is 2.40. The molecule has 0 spiro atoms. The molecular weight excluding hydrogens is 362 g/mol. The number of nitrogens with zero attached hydrogens (tertiary/aromatic N) is 2. The second-order valence-electron chi connectivity index (χ2n) is 7.98. The minimum absolute atomic E-state index is 0.359. The molecule has 1 aromatic heterocycles. The molecule has 8 heteroatoms. The first-order chi connectivity index (χ1) is 12.9. The van der Waals surface area contributed by atoms with Crippen molar-refractivity contribution in [2.24, 2.45) is 7.05 Å². The zero-order valence-corrected chi connectivity index (χ0v) is 16.9. The standard InChI is InChI=1S/C20H24BFN2O4/c1-13(17(22)21-27-19(2,3)20(4,5)28-21)14-8-7-9-15(12-14)24-11-10-16(25)23(6)18(24)26/h7-12H,1-6H3. The topological polar surface area (TPSA) is 62.5 Å². The normalized spacial score (nSPS) is 18.9. The van der Waals surface area contributed by atoms with Crippen LogP contribution in [-0.4, -0.2) is 27.5 Å². The Labute approximate surface area is 163 Å². The van der Waals surface area contributed by atoms with Crippen molar-refractivity contribution in [1.82, 2.24) is 9.13 Å². The van der Waals surface area contributed by atoms with Gasteiger partial charge < -0.3 is 9.31 Å². The Morgan fingerprint density at radius 2 is 1.68 bits per heavy atom. The van der Waals surface area contributed by atoms with Crippen LogP contribution >= 0.6 is 0 Å². The van der Waals surface area contributed by atoms with Gasteiger partial charge in [0.05, 0.1) is 16.9 Å². The fraction of sp³-hybridized carbons (Fsp3) is 0.400. The molecule has 148 valence electrons. The molecule has 1 aromatic carbocycles. The quantitative estimate of drug-likeness (QED) is 0.762. The third kappa shape index (κ3) is 3.38. The summed E-state index contributed by atoms with van der Waals surface area (Å²) in [6.07, 6.45) is 1.41. The Bertz CT molecular complexity index is 1050. The Morgan fingerprint density at radius 1 is 1.07 bits per heavy atom. The van der Waals surface area contributed by atoms with Gasteiger partial charge >= 0.3 is 12.8 Å². The first kappa shape index (κ1) is 20.3. The van der Waals surface area contributed by atoms with Crippen molar-refractivity contribution in [3.63, 3.8) is 0 Å². The fourth-order valence-electron chi connectivity index (χ4n) is 2.92. The van der Waals surface area contributed by atoms with Crippen LogP contribution in [0.1, 0.15) is 40.2 Å². The van der Waals surface area contributed by atoms with Gasteiger partial charge in [-0.25, -0.2) is 9.18 Å². The van der Waals surface area contributed by atoms with Crippen LogP contribution in [0.5, 0.6) is 0 Å². The van der Waals surface area contributed by atoms with Gasteiger partial charge in [-0.1, -0.05) is 12.1 Å². The van der Waals surface area contributed by atoms with E-state index in [1.807, 2.05) is 27.7 Å². The van der Waals surface area contributed by atoms with Crippen molar-refractivity contribution < 1.29 is 13.7 Å². The van der Waals surface area contributed by atoms with E-state index >= 15 is 4.39 Å². The molecule has 28 heavy (non-hydrogen) atoms. The average Bonchev–Trinajstić information content (AvgIpc) is 2.86. The second kappa shape index (κ2) is 6.86. The molecule has 1 saturated heterocycles.